The van der Waals surface area contributed by atoms with Gasteiger partial charge in [0.15, 0.2) is 11.5 Å². The van der Waals surface area contributed by atoms with Crippen LogP contribution in [0.25, 0.3) is 5.76 Å². The topological polar surface area (TPSA) is 94.5 Å². The standard InChI is InChI=1S/C28H26ClNO7/c1-5-37-23-14-16(9-12-22(23)36-4)25-24(26(31)17-10-11-21(35-3)20(29)13-17)27(32)28(33)30(25)18-7-6-8-19(15-18)34-2/h6-15,25,31H,5H2,1-4H3/b26-24-. The zero-order chi connectivity index (χ0) is 26.7. The highest BCUT2D eigenvalue weighted by Crippen LogP contribution is 2.45. The molecule has 3 aromatic carbocycles. The summed E-state index contributed by atoms with van der Waals surface area (Å²) < 4.78 is 21.7. The van der Waals surface area contributed by atoms with E-state index in [-0.39, 0.29) is 21.9 Å². The van der Waals surface area contributed by atoms with Gasteiger partial charge in [0.05, 0.1) is 44.6 Å². The molecule has 192 valence electrons. The number of aliphatic hydroxyl groups excluding tert-OH is 1. The second-order valence-corrected chi connectivity index (χ2v) is 8.47. The number of nitrogens with zero attached hydrogens (tertiary/aromatic N) is 1. The fourth-order valence-corrected chi connectivity index (χ4v) is 4.53. The molecule has 0 spiro atoms. The second kappa shape index (κ2) is 10.8. The maximum atomic E-state index is 13.4. The predicted molar refractivity (Wildman–Crippen MR) is 140 cm³/mol. The molecule has 0 saturated carbocycles. The Kier molecular flexibility index (Phi) is 7.59. The number of ketones is 1. The fraction of sp³-hybridized carbons (Fsp3) is 0.214. The quantitative estimate of drug-likeness (QED) is 0.240. The number of rotatable bonds is 8. The van der Waals surface area contributed by atoms with E-state index in [2.05, 4.69) is 0 Å². The third-order valence-electron chi connectivity index (χ3n) is 6.00. The van der Waals surface area contributed by atoms with E-state index in [1.807, 2.05) is 6.92 Å². The Morgan fingerprint density at radius 3 is 2.30 bits per heavy atom. The van der Waals surface area contributed by atoms with E-state index in [4.69, 9.17) is 30.5 Å². The molecule has 0 bridgehead atoms. The van der Waals surface area contributed by atoms with E-state index >= 15 is 0 Å². The number of ether oxygens (including phenoxy) is 4. The van der Waals surface area contributed by atoms with E-state index in [1.54, 1.807) is 54.6 Å². The second-order valence-electron chi connectivity index (χ2n) is 8.06. The highest BCUT2D eigenvalue weighted by atomic mass is 35.5. The molecular formula is C28H26ClNO7. The summed E-state index contributed by atoms with van der Waals surface area (Å²) in [5.41, 5.74) is 1.12. The van der Waals surface area contributed by atoms with Gasteiger partial charge in [0.2, 0.25) is 0 Å². The SMILES string of the molecule is CCOc1cc(C2/C(=C(/O)c3ccc(OC)c(Cl)c3)C(=O)C(=O)N2c2cccc(OC)c2)ccc1OC. The van der Waals surface area contributed by atoms with Gasteiger partial charge in [-0.05, 0) is 55.0 Å². The molecule has 1 aliphatic rings. The summed E-state index contributed by atoms with van der Waals surface area (Å²) in [4.78, 5) is 28.2. The molecule has 9 heteroatoms. The summed E-state index contributed by atoms with van der Waals surface area (Å²) in [5, 5.41) is 11.6. The lowest BCUT2D eigenvalue weighted by Gasteiger charge is -2.26. The Morgan fingerprint density at radius 1 is 0.919 bits per heavy atom. The number of hydrogen-bond acceptors (Lipinski definition) is 7. The first-order valence-corrected chi connectivity index (χ1v) is 11.8. The zero-order valence-corrected chi connectivity index (χ0v) is 21.5. The molecular weight excluding hydrogens is 498 g/mol. The lowest BCUT2D eigenvalue weighted by atomic mass is 9.94. The highest BCUT2D eigenvalue weighted by molar-refractivity contribution is 6.51. The number of hydrogen-bond donors (Lipinski definition) is 1. The van der Waals surface area contributed by atoms with Crippen molar-refractivity contribution in [2.45, 2.75) is 13.0 Å². The first kappa shape index (κ1) is 25.9. The lowest BCUT2D eigenvalue weighted by Crippen LogP contribution is -2.29. The van der Waals surface area contributed by atoms with Crippen molar-refractivity contribution in [3.8, 4) is 23.0 Å². The highest BCUT2D eigenvalue weighted by Gasteiger charge is 2.47. The molecule has 8 nitrogen and oxygen atoms in total. The third-order valence-corrected chi connectivity index (χ3v) is 6.30. The Hall–Kier alpha value is -4.17. The van der Waals surface area contributed by atoms with Crippen LogP contribution < -0.4 is 23.8 Å². The first-order valence-electron chi connectivity index (χ1n) is 11.4. The monoisotopic (exact) mass is 523 g/mol. The Balaban J connectivity index is 1.97. The van der Waals surface area contributed by atoms with Gasteiger partial charge in [-0.15, -0.1) is 0 Å². The first-order chi connectivity index (χ1) is 17.8. The van der Waals surface area contributed by atoms with E-state index in [0.717, 1.165) is 0 Å². The largest absolute Gasteiger partial charge is 0.507 e. The number of carbonyl (C=O) groups excluding carboxylic acids is 2. The molecule has 0 aliphatic carbocycles. The Bertz CT molecular complexity index is 1380. The molecule has 1 unspecified atom stereocenters. The molecule has 1 heterocycles. The maximum absolute atomic E-state index is 13.4. The van der Waals surface area contributed by atoms with E-state index in [9.17, 15) is 14.7 Å². The van der Waals surface area contributed by atoms with Gasteiger partial charge in [-0.2, -0.15) is 0 Å². The van der Waals surface area contributed by atoms with Crippen LogP contribution in [0.15, 0.2) is 66.2 Å². The van der Waals surface area contributed by atoms with Gasteiger partial charge >= 0.3 is 0 Å². The van der Waals surface area contributed by atoms with Crippen molar-refractivity contribution in [3.63, 3.8) is 0 Å². The number of benzene rings is 3. The van der Waals surface area contributed by atoms with Gasteiger partial charge in [0, 0.05) is 17.3 Å². The predicted octanol–water partition coefficient (Wildman–Crippen LogP) is 5.39. The summed E-state index contributed by atoms with van der Waals surface area (Å²) in [6, 6.07) is 15.5. The van der Waals surface area contributed by atoms with E-state index in [1.165, 1.54) is 32.3 Å². The minimum Gasteiger partial charge on any atom is -0.507 e. The molecule has 0 radical (unpaired) electrons. The molecule has 1 saturated heterocycles. The number of carbonyl (C=O) groups is 2. The lowest BCUT2D eigenvalue weighted by molar-refractivity contribution is -0.132. The molecule has 4 rings (SSSR count). The van der Waals surface area contributed by atoms with Crippen LogP contribution in [0, 0.1) is 0 Å². The Labute approximate surface area is 219 Å². The average Bonchev–Trinajstić information content (AvgIpc) is 3.18. The molecule has 1 atom stereocenters. The number of Topliss-reactive ketones (excluding diaryl/α,β-unsaturated/α-hetero) is 1. The summed E-state index contributed by atoms with van der Waals surface area (Å²) in [5.74, 6) is -0.170. The van der Waals surface area contributed by atoms with Crippen LogP contribution in [0.5, 0.6) is 23.0 Å². The molecule has 37 heavy (non-hydrogen) atoms. The third kappa shape index (κ3) is 4.80. The van der Waals surface area contributed by atoms with Gasteiger partial charge in [-0.1, -0.05) is 23.7 Å². The van der Waals surface area contributed by atoms with E-state index in [0.29, 0.717) is 40.9 Å². The van der Waals surface area contributed by atoms with E-state index < -0.39 is 17.7 Å². The van der Waals surface area contributed by atoms with Crippen molar-refractivity contribution in [2.75, 3.05) is 32.8 Å². The van der Waals surface area contributed by atoms with Crippen LogP contribution in [0.2, 0.25) is 5.02 Å². The number of halogens is 1. The average molecular weight is 524 g/mol. The maximum Gasteiger partial charge on any atom is 0.300 e. The van der Waals surface area contributed by atoms with Gasteiger partial charge in [0.1, 0.15) is 17.3 Å². The number of aliphatic hydroxyl groups is 1. The fourth-order valence-electron chi connectivity index (χ4n) is 4.28. The summed E-state index contributed by atoms with van der Waals surface area (Å²) >= 11 is 6.28. The van der Waals surface area contributed by atoms with Gasteiger partial charge in [-0.25, -0.2) is 0 Å². The van der Waals surface area contributed by atoms with Crippen molar-refractivity contribution in [2.24, 2.45) is 0 Å². The van der Waals surface area contributed by atoms with Crippen LogP contribution in [-0.4, -0.2) is 44.7 Å². The van der Waals surface area contributed by atoms with Gasteiger partial charge < -0.3 is 24.1 Å². The van der Waals surface area contributed by atoms with Crippen molar-refractivity contribution in [1.29, 1.82) is 0 Å². The Morgan fingerprint density at radius 2 is 1.65 bits per heavy atom. The summed E-state index contributed by atoms with van der Waals surface area (Å²) in [6.07, 6.45) is 0. The molecule has 3 aromatic rings. The number of anilines is 1. The van der Waals surface area contributed by atoms with Crippen molar-refractivity contribution in [3.05, 3.63) is 82.4 Å². The minimum absolute atomic E-state index is 0.0957. The molecule has 1 amide bonds. The van der Waals surface area contributed by atoms with Gasteiger partial charge in [0.25, 0.3) is 11.7 Å². The summed E-state index contributed by atoms with van der Waals surface area (Å²) in [7, 11) is 4.50. The van der Waals surface area contributed by atoms with Crippen LogP contribution in [0.1, 0.15) is 24.1 Å². The summed E-state index contributed by atoms with van der Waals surface area (Å²) in [6.45, 7) is 2.21. The number of methoxy groups -OCH3 is 3. The van der Waals surface area contributed by atoms with Crippen molar-refractivity contribution in [1.82, 2.24) is 0 Å². The van der Waals surface area contributed by atoms with Crippen LogP contribution in [0.4, 0.5) is 5.69 Å². The van der Waals surface area contributed by atoms with Crippen LogP contribution >= 0.6 is 11.6 Å². The number of amides is 1. The molecule has 0 aromatic heterocycles. The molecule has 1 N–H and O–H groups in total. The van der Waals surface area contributed by atoms with Gasteiger partial charge in [-0.3, -0.25) is 14.5 Å². The normalized spacial score (nSPS) is 16.6. The zero-order valence-electron chi connectivity index (χ0n) is 20.8. The molecule has 1 aliphatic heterocycles. The van der Waals surface area contributed by atoms with Crippen LogP contribution in [0.3, 0.4) is 0 Å². The smallest absolute Gasteiger partial charge is 0.300 e. The minimum atomic E-state index is -0.974. The van der Waals surface area contributed by atoms with Crippen LogP contribution in [-0.2, 0) is 9.59 Å². The molecule has 1 fully saturated rings. The van der Waals surface area contributed by atoms with Crippen molar-refractivity contribution < 1.29 is 33.6 Å². The van der Waals surface area contributed by atoms with Crippen molar-refractivity contribution >= 4 is 34.7 Å².